The van der Waals surface area contributed by atoms with Crippen LogP contribution in [-0.2, 0) is 41.4 Å². The van der Waals surface area contributed by atoms with E-state index in [4.69, 9.17) is 14.2 Å². The van der Waals surface area contributed by atoms with Crippen molar-refractivity contribution in [3.8, 4) is 17.2 Å². The summed E-state index contributed by atoms with van der Waals surface area (Å²) in [4.78, 5) is 43.9. The van der Waals surface area contributed by atoms with Crippen LogP contribution in [0.5, 0.6) is 17.2 Å². The molecule has 1 saturated heterocycles. The predicted molar refractivity (Wildman–Crippen MR) is 259 cm³/mol. The number of piperidine rings is 1. The maximum Gasteiger partial charge on any atom is 0.347 e. The molecule has 6 aromatic carbocycles. The lowest BCUT2D eigenvalue weighted by Crippen LogP contribution is -2.40. The summed E-state index contributed by atoms with van der Waals surface area (Å²) in [7, 11) is 1.53. The van der Waals surface area contributed by atoms with E-state index in [2.05, 4.69) is 44.8 Å². The first kappa shape index (κ1) is 47.2. The zero-order valence-corrected chi connectivity index (χ0v) is 37.9. The van der Waals surface area contributed by atoms with Crippen LogP contribution >= 0.6 is 0 Å². The van der Waals surface area contributed by atoms with Crippen molar-refractivity contribution in [3.63, 3.8) is 0 Å². The van der Waals surface area contributed by atoms with Gasteiger partial charge in [0.25, 0.3) is 5.91 Å². The van der Waals surface area contributed by atoms with Crippen LogP contribution in [0.4, 0.5) is 0 Å². The summed E-state index contributed by atoms with van der Waals surface area (Å²) in [6, 6.07) is 45.0. The number of ether oxygens (including phenoxy) is 3. The van der Waals surface area contributed by atoms with Crippen LogP contribution in [0.25, 0.3) is 10.9 Å². The number of esters is 1. The van der Waals surface area contributed by atoms with E-state index >= 15 is 0 Å². The van der Waals surface area contributed by atoms with E-state index < -0.39 is 17.7 Å². The minimum Gasteiger partial charge on any atom is -0.506 e. The Labute approximate surface area is 395 Å². The highest BCUT2D eigenvalue weighted by atomic mass is 16.6. The molecule has 1 aliphatic rings. The van der Waals surface area contributed by atoms with Crippen molar-refractivity contribution in [3.05, 3.63) is 207 Å². The first-order valence-corrected chi connectivity index (χ1v) is 22.8. The minimum atomic E-state index is -2.05. The average Bonchev–Trinajstić information content (AvgIpc) is 3.38. The maximum absolute atomic E-state index is 13.9. The van der Waals surface area contributed by atoms with E-state index in [1.165, 1.54) is 24.8 Å². The lowest BCUT2D eigenvalue weighted by molar-refractivity contribution is -0.164. The zero-order valence-electron chi connectivity index (χ0n) is 37.9. The molecule has 6 N–H and O–H groups in total. The van der Waals surface area contributed by atoms with Crippen LogP contribution in [0.15, 0.2) is 156 Å². The van der Waals surface area contributed by atoms with E-state index in [-0.39, 0.29) is 55.0 Å². The number of aromatic nitrogens is 1. The number of benzene rings is 6. The monoisotopic (exact) mass is 916 g/mol. The molecule has 7 aromatic rings. The summed E-state index contributed by atoms with van der Waals surface area (Å²) in [6.45, 7) is 3.98. The third-order valence-corrected chi connectivity index (χ3v) is 12.5. The number of nitrogens with one attached hydrogen (secondary N) is 3. The Morgan fingerprint density at radius 1 is 0.794 bits per heavy atom. The number of aromatic amines is 1. The number of rotatable bonds is 19. The number of aromatic hydroxyl groups is 1. The largest absolute Gasteiger partial charge is 0.506 e. The van der Waals surface area contributed by atoms with Gasteiger partial charge in [-0.15, -0.1) is 0 Å². The second-order valence-electron chi connectivity index (χ2n) is 17.2. The summed E-state index contributed by atoms with van der Waals surface area (Å²) in [5, 5.41) is 40.1. The highest BCUT2D eigenvalue weighted by molar-refractivity contribution is 5.94. The fraction of sp³-hybridized carbons (Fsp3) is 0.255. The van der Waals surface area contributed by atoms with Crippen LogP contribution in [0.3, 0.4) is 0 Å². The highest BCUT2D eigenvalue weighted by Crippen LogP contribution is 2.34. The molecule has 2 heterocycles. The molecule has 350 valence electrons. The molecule has 1 fully saturated rings. The Morgan fingerprint density at radius 2 is 1.51 bits per heavy atom. The first-order chi connectivity index (χ1) is 33.1. The number of aliphatic hydroxyl groups excluding tert-OH is 1. The smallest absolute Gasteiger partial charge is 0.347 e. The topological polar surface area (TPSA) is 183 Å². The third kappa shape index (κ3) is 11.4. The van der Waals surface area contributed by atoms with E-state index in [9.17, 15) is 29.7 Å². The predicted octanol–water partition coefficient (Wildman–Crippen LogP) is 7.27. The summed E-state index contributed by atoms with van der Waals surface area (Å²) in [5.74, 6) is 0.103. The van der Waals surface area contributed by atoms with Gasteiger partial charge in [0.1, 0.15) is 23.9 Å². The zero-order chi connectivity index (χ0) is 47.5. The lowest BCUT2D eigenvalue weighted by Gasteiger charge is -2.33. The van der Waals surface area contributed by atoms with Crippen LogP contribution in [0, 0.1) is 5.92 Å². The molecule has 13 heteroatoms. The minimum absolute atomic E-state index is 0.0793. The van der Waals surface area contributed by atoms with Gasteiger partial charge in [-0.25, -0.2) is 4.79 Å². The molecular weight excluding hydrogens is 861 g/mol. The molecule has 1 amide bonds. The molecule has 1 aromatic heterocycles. The van der Waals surface area contributed by atoms with Gasteiger partial charge in [0.2, 0.25) is 11.2 Å². The van der Waals surface area contributed by atoms with Gasteiger partial charge in [0, 0.05) is 54.3 Å². The van der Waals surface area contributed by atoms with Crippen molar-refractivity contribution >= 4 is 22.8 Å². The molecule has 8 rings (SSSR count). The van der Waals surface area contributed by atoms with Gasteiger partial charge in [-0.2, -0.15) is 0 Å². The lowest BCUT2D eigenvalue weighted by atomic mass is 9.86. The molecule has 1 unspecified atom stereocenters. The van der Waals surface area contributed by atoms with Crippen molar-refractivity contribution in [2.24, 2.45) is 5.92 Å². The second kappa shape index (κ2) is 22.0. The summed E-state index contributed by atoms with van der Waals surface area (Å²) in [6.07, 6.45) is 0.873. The molecule has 68 heavy (non-hydrogen) atoms. The number of carbonyl (C=O) groups excluding carboxylic acids is 2. The fourth-order valence-electron chi connectivity index (χ4n) is 8.58. The van der Waals surface area contributed by atoms with Gasteiger partial charge < -0.3 is 45.1 Å². The molecule has 2 atom stereocenters. The maximum atomic E-state index is 13.9. The number of H-pyrrole nitrogens is 1. The van der Waals surface area contributed by atoms with Crippen LogP contribution in [0.1, 0.15) is 68.2 Å². The number of methoxy groups -OCH3 is 1. The van der Waals surface area contributed by atoms with Crippen molar-refractivity contribution in [1.82, 2.24) is 20.5 Å². The number of hydrogen-bond acceptors (Lipinski definition) is 11. The number of phenolic OH excluding ortho intramolecular Hbond substituents is 1. The van der Waals surface area contributed by atoms with Gasteiger partial charge in [-0.3, -0.25) is 14.5 Å². The average molecular weight is 917 g/mol. The standard InChI is InChI=1S/C55H56N4O9/c1-66-50-29-41(19-20-42(50)32-56-33-49(61)46-21-23-48(60)52-47(46)22-24-51(62)58-52)53(63)57-31-37-15-17-39(18-16-37)35-67-45-14-8-13-44(30-45)55(65,43-11-6-3-7-12-43)54(64)68-36-40-25-27-59(28-26-40)34-38-9-4-2-5-10-38/h2-24,29-30,40,49,56,60-61,65H,25-28,31-36H2,1H3,(H,57,63)(H,58,62)/t49-,55?/m0/s1. The first-order valence-electron chi connectivity index (χ1n) is 22.8. The Bertz CT molecular complexity index is 2870. The SMILES string of the molecule is COc1cc(C(=O)NCc2ccc(COc3cccc(C(O)(C(=O)OCC4CCN(Cc5ccccc5)CC4)c4ccccc4)c3)cc2)ccc1CNC[C@H](O)c1ccc(O)c2[nH]c(=O)ccc12. The molecular formula is C55H56N4O9. The second-order valence-corrected chi connectivity index (χ2v) is 17.2. The number of pyridine rings is 1. The number of fused-ring (bicyclic) bond motifs is 1. The van der Waals surface area contributed by atoms with E-state index in [1.54, 1.807) is 78.9 Å². The molecule has 0 aliphatic carbocycles. The Hall–Kier alpha value is -7.29. The van der Waals surface area contributed by atoms with Gasteiger partial charge in [-0.05, 0) is 96.1 Å². The van der Waals surface area contributed by atoms with Gasteiger partial charge in [0.05, 0.1) is 25.3 Å². The summed E-state index contributed by atoms with van der Waals surface area (Å²) in [5.41, 5.74) is 3.41. The number of aliphatic hydroxyl groups is 2. The number of likely N-dealkylation sites (tertiary alicyclic amines) is 1. The highest BCUT2D eigenvalue weighted by Gasteiger charge is 2.42. The molecule has 0 spiro atoms. The van der Waals surface area contributed by atoms with Crippen LogP contribution < -0.4 is 25.7 Å². The summed E-state index contributed by atoms with van der Waals surface area (Å²) < 4.78 is 17.7. The van der Waals surface area contributed by atoms with E-state index in [0.717, 1.165) is 49.2 Å². The molecule has 13 nitrogen and oxygen atoms in total. The Kier molecular flexibility index (Phi) is 15.3. The molecule has 0 radical (unpaired) electrons. The van der Waals surface area contributed by atoms with Gasteiger partial charge >= 0.3 is 5.97 Å². The number of nitrogens with zero attached hydrogens (tertiary/aromatic N) is 1. The van der Waals surface area contributed by atoms with E-state index in [0.29, 0.717) is 45.7 Å². The van der Waals surface area contributed by atoms with Crippen molar-refractivity contribution in [1.29, 1.82) is 0 Å². The fourth-order valence-corrected chi connectivity index (χ4v) is 8.58. The molecule has 0 bridgehead atoms. The molecule has 0 saturated carbocycles. The van der Waals surface area contributed by atoms with E-state index in [1.807, 2.05) is 36.4 Å². The van der Waals surface area contributed by atoms with Crippen molar-refractivity contribution < 1.29 is 39.1 Å². The Morgan fingerprint density at radius 3 is 2.26 bits per heavy atom. The number of amides is 1. The normalized spacial score (nSPS) is 14.5. The van der Waals surface area contributed by atoms with Crippen molar-refractivity contribution in [2.75, 3.05) is 33.4 Å². The number of hydrogen-bond donors (Lipinski definition) is 6. The van der Waals surface area contributed by atoms with Crippen molar-refractivity contribution in [2.45, 2.75) is 50.8 Å². The number of carbonyl (C=O) groups is 2. The third-order valence-electron chi connectivity index (χ3n) is 12.5. The molecule has 1 aliphatic heterocycles. The van der Waals surface area contributed by atoms with Crippen LogP contribution in [0.2, 0.25) is 0 Å². The van der Waals surface area contributed by atoms with Crippen LogP contribution in [-0.4, -0.2) is 70.4 Å². The quantitative estimate of drug-likeness (QED) is 0.0449. The van der Waals surface area contributed by atoms with Gasteiger partial charge in [-0.1, -0.05) is 109 Å². The van der Waals surface area contributed by atoms with Gasteiger partial charge in [0.15, 0.2) is 0 Å². The Balaban J connectivity index is 0.818. The number of phenols is 1. The summed E-state index contributed by atoms with van der Waals surface area (Å²) >= 11 is 0.